The summed E-state index contributed by atoms with van der Waals surface area (Å²) in [4.78, 5) is 0. The number of rotatable bonds is 3. The monoisotopic (exact) mass is 120 g/mol. The highest BCUT2D eigenvalue weighted by molar-refractivity contribution is 6.32. The molecule has 0 heterocycles. The van der Waals surface area contributed by atoms with Crippen molar-refractivity contribution in [3.63, 3.8) is 0 Å². The van der Waals surface area contributed by atoms with Crippen molar-refractivity contribution in [3.8, 4) is 0 Å². The molecule has 0 saturated carbocycles. The Morgan fingerprint density at radius 2 is 2.12 bits per heavy atom. The van der Waals surface area contributed by atoms with E-state index in [1.54, 1.807) is 0 Å². The van der Waals surface area contributed by atoms with Crippen molar-refractivity contribution >= 4 is 7.32 Å². The van der Waals surface area contributed by atoms with Gasteiger partial charge in [-0.1, -0.05) is 0 Å². The lowest BCUT2D eigenvalue weighted by Crippen LogP contribution is -2.38. The van der Waals surface area contributed by atoms with E-state index in [1.807, 2.05) is 0 Å². The molecule has 0 aromatic heterocycles. The predicted octanol–water partition coefficient (Wildman–Crippen LogP) is -2.78. The molecule has 0 aromatic rings. The fourth-order valence-electron chi connectivity index (χ4n) is 0.212. The molecule has 0 rings (SSSR count). The minimum atomic E-state index is -1.83. The van der Waals surface area contributed by atoms with Crippen LogP contribution in [0.3, 0.4) is 0 Å². The summed E-state index contributed by atoms with van der Waals surface area (Å²) in [6.07, 6.45) is -0.796. The molecule has 0 spiro atoms. The lowest BCUT2D eigenvalue weighted by atomic mass is 10.2. The van der Waals surface area contributed by atoms with E-state index in [9.17, 15) is 0 Å². The van der Waals surface area contributed by atoms with Gasteiger partial charge in [-0.05, 0) is 0 Å². The summed E-state index contributed by atoms with van der Waals surface area (Å²) in [5.74, 6) is 0. The van der Waals surface area contributed by atoms with Crippen LogP contribution in [0.1, 0.15) is 0 Å². The van der Waals surface area contributed by atoms with Crippen LogP contribution in [0.5, 0.6) is 0 Å². The Morgan fingerprint density at radius 3 is 2.25 bits per heavy atom. The summed E-state index contributed by atoms with van der Waals surface area (Å²) in [5.41, 5.74) is 9.95. The molecule has 0 aliphatic rings. The summed E-state index contributed by atoms with van der Waals surface area (Å²) in [6, 6.07) is 0. The second-order valence-electron chi connectivity index (χ2n) is 1.24. The van der Waals surface area contributed by atoms with Gasteiger partial charge in [-0.2, -0.15) is 0 Å². The molecule has 0 bridgehead atoms. The van der Waals surface area contributed by atoms with Gasteiger partial charge in [-0.3, -0.25) is 0 Å². The van der Waals surface area contributed by atoms with Crippen molar-refractivity contribution in [1.29, 1.82) is 0 Å². The van der Waals surface area contributed by atoms with E-state index < -0.39 is 13.5 Å². The van der Waals surface area contributed by atoms with Gasteiger partial charge in [0.05, 0.1) is 0 Å². The van der Waals surface area contributed by atoms with Gasteiger partial charge in [0.1, 0.15) is 6.23 Å². The second kappa shape index (κ2) is 3.82. The maximum atomic E-state index is 8.05. The van der Waals surface area contributed by atoms with Crippen LogP contribution in [-0.2, 0) is 4.65 Å². The quantitative estimate of drug-likeness (QED) is 0.238. The molecule has 0 radical (unpaired) electrons. The maximum absolute atomic E-state index is 8.05. The van der Waals surface area contributed by atoms with E-state index in [-0.39, 0.29) is 6.54 Å². The third-order valence-electron chi connectivity index (χ3n) is 0.529. The van der Waals surface area contributed by atoms with Crippen molar-refractivity contribution in [2.24, 2.45) is 11.5 Å². The molecular formula is C2H9BN2O3. The van der Waals surface area contributed by atoms with Gasteiger partial charge in [0.15, 0.2) is 0 Å². The topological polar surface area (TPSA) is 102 Å². The fraction of sp³-hybridized carbons (Fsp3) is 1.00. The minimum absolute atomic E-state index is 0.0671. The highest BCUT2D eigenvalue weighted by atomic mass is 16.6. The molecule has 48 valence electrons. The Morgan fingerprint density at radius 1 is 1.62 bits per heavy atom. The molecule has 0 fully saturated rings. The van der Waals surface area contributed by atoms with E-state index in [4.69, 9.17) is 21.5 Å². The third-order valence-corrected chi connectivity index (χ3v) is 0.529. The maximum Gasteiger partial charge on any atom is 0.635 e. The van der Waals surface area contributed by atoms with Gasteiger partial charge in [-0.25, -0.2) is 0 Å². The lowest BCUT2D eigenvalue weighted by molar-refractivity contribution is 0.127. The zero-order chi connectivity index (χ0) is 6.57. The molecule has 5 nitrogen and oxygen atoms in total. The molecule has 1 atom stereocenters. The largest absolute Gasteiger partial charge is 0.635 e. The van der Waals surface area contributed by atoms with Crippen molar-refractivity contribution in [3.05, 3.63) is 0 Å². The van der Waals surface area contributed by atoms with E-state index in [1.165, 1.54) is 0 Å². The molecule has 1 unspecified atom stereocenters. The van der Waals surface area contributed by atoms with Gasteiger partial charge < -0.3 is 26.2 Å². The van der Waals surface area contributed by atoms with Crippen LogP contribution in [0.25, 0.3) is 0 Å². The SMILES string of the molecule is NCC(N)OB(O)O. The summed E-state index contributed by atoms with van der Waals surface area (Å²) < 4.78 is 4.16. The summed E-state index contributed by atoms with van der Waals surface area (Å²) in [5, 5.41) is 16.1. The molecule has 6 N–H and O–H groups in total. The van der Waals surface area contributed by atoms with E-state index in [0.717, 1.165) is 0 Å². The molecule has 0 aliphatic heterocycles. The Balaban J connectivity index is 3.10. The highest BCUT2D eigenvalue weighted by Gasteiger charge is 2.11. The van der Waals surface area contributed by atoms with Crippen LogP contribution in [0, 0.1) is 0 Å². The van der Waals surface area contributed by atoms with Gasteiger partial charge in [0, 0.05) is 6.54 Å². The Kier molecular flexibility index (Phi) is 3.75. The lowest BCUT2D eigenvalue weighted by Gasteiger charge is -2.07. The van der Waals surface area contributed by atoms with Gasteiger partial charge in [0.2, 0.25) is 0 Å². The normalized spacial score (nSPS) is 13.5. The summed E-state index contributed by atoms with van der Waals surface area (Å²) in [7, 11) is -1.83. The molecular weight excluding hydrogens is 111 g/mol. The Hall–Kier alpha value is -0.135. The average Bonchev–Trinajstić information content (AvgIpc) is 1.65. The Bertz CT molecular complexity index is 61.2. The van der Waals surface area contributed by atoms with Crippen LogP contribution < -0.4 is 11.5 Å². The zero-order valence-electron chi connectivity index (χ0n) is 4.32. The van der Waals surface area contributed by atoms with Gasteiger partial charge in [-0.15, -0.1) is 0 Å². The van der Waals surface area contributed by atoms with Crippen molar-refractivity contribution in [2.45, 2.75) is 6.23 Å². The standard InChI is InChI=1S/C2H9BN2O3/c4-1-2(5)8-3(6)7/h2,6-7H,1,4-5H2. The van der Waals surface area contributed by atoms with Gasteiger partial charge >= 0.3 is 7.32 Å². The molecule has 0 saturated heterocycles. The molecule has 0 aliphatic carbocycles. The van der Waals surface area contributed by atoms with Crippen molar-refractivity contribution in [2.75, 3.05) is 6.54 Å². The second-order valence-corrected chi connectivity index (χ2v) is 1.24. The first-order valence-electron chi connectivity index (χ1n) is 2.14. The van der Waals surface area contributed by atoms with Crippen molar-refractivity contribution < 1.29 is 14.7 Å². The zero-order valence-corrected chi connectivity index (χ0v) is 4.32. The summed E-state index contributed by atoms with van der Waals surface area (Å²) >= 11 is 0. The first kappa shape index (κ1) is 7.86. The average molecular weight is 120 g/mol. The van der Waals surface area contributed by atoms with E-state index in [0.29, 0.717) is 0 Å². The molecule has 0 aromatic carbocycles. The Labute approximate surface area is 47.4 Å². The smallest absolute Gasteiger partial charge is 0.402 e. The predicted molar refractivity (Wildman–Crippen MR) is 28.3 cm³/mol. The third kappa shape index (κ3) is 4.04. The number of hydrogen-bond donors (Lipinski definition) is 4. The highest BCUT2D eigenvalue weighted by Crippen LogP contribution is 1.78. The van der Waals surface area contributed by atoms with Crippen LogP contribution in [0.2, 0.25) is 0 Å². The molecule has 8 heavy (non-hydrogen) atoms. The van der Waals surface area contributed by atoms with Crippen LogP contribution >= 0.6 is 0 Å². The summed E-state index contributed by atoms with van der Waals surface area (Å²) in [6.45, 7) is 0.0671. The van der Waals surface area contributed by atoms with E-state index in [2.05, 4.69) is 4.65 Å². The minimum Gasteiger partial charge on any atom is -0.402 e. The number of nitrogens with two attached hydrogens (primary N) is 2. The van der Waals surface area contributed by atoms with Crippen LogP contribution in [0.4, 0.5) is 0 Å². The fourth-order valence-corrected chi connectivity index (χ4v) is 0.212. The molecule has 0 amide bonds. The van der Waals surface area contributed by atoms with Crippen LogP contribution in [0.15, 0.2) is 0 Å². The molecule has 6 heteroatoms. The number of hydrogen-bond acceptors (Lipinski definition) is 5. The first-order chi connectivity index (χ1) is 3.66. The van der Waals surface area contributed by atoms with Gasteiger partial charge in [0.25, 0.3) is 0 Å². The van der Waals surface area contributed by atoms with E-state index >= 15 is 0 Å². The van der Waals surface area contributed by atoms with Crippen molar-refractivity contribution in [1.82, 2.24) is 0 Å². The van der Waals surface area contributed by atoms with Crippen LogP contribution in [-0.4, -0.2) is 30.1 Å². The first-order valence-corrected chi connectivity index (χ1v) is 2.14.